The number of aromatic amines is 1. The Morgan fingerprint density at radius 2 is 1.23 bits per heavy atom. The first-order valence-corrected chi connectivity index (χ1v) is 10.4. The lowest BCUT2D eigenvalue weighted by atomic mass is 9.98. The van der Waals surface area contributed by atoms with Crippen LogP contribution >= 0.6 is 0 Å². The van der Waals surface area contributed by atoms with Crippen molar-refractivity contribution >= 4 is 70.7 Å². The zero-order valence-electron chi connectivity index (χ0n) is 16.1. The molecular formula is C28H16N2. The fourth-order valence-electron chi connectivity index (χ4n) is 5.68. The monoisotopic (exact) mass is 380 g/mol. The summed E-state index contributed by atoms with van der Waals surface area (Å²) >= 11 is 0. The van der Waals surface area contributed by atoms with E-state index in [1.807, 2.05) is 0 Å². The Balaban J connectivity index is 1.78. The van der Waals surface area contributed by atoms with Crippen LogP contribution in [-0.4, -0.2) is 9.38 Å². The smallest absolute Gasteiger partial charge is 0.0620 e. The van der Waals surface area contributed by atoms with E-state index in [1.54, 1.807) is 0 Å². The predicted octanol–water partition coefficient (Wildman–Crippen LogP) is 7.62. The molecule has 0 unspecified atom stereocenters. The largest absolute Gasteiger partial charge is 0.354 e. The van der Waals surface area contributed by atoms with Gasteiger partial charge in [-0.2, -0.15) is 0 Å². The molecule has 3 heterocycles. The van der Waals surface area contributed by atoms with E-state index >= 15 is 0 Å². The van der Waals surface area contributed by atoms with Crippen LogP contribution in [0.25, 0.3) is 70.7 Å². The fourth-order valence-corrected chi connectivity index (χ4v) is 5.68. The molecule has 0 saturated heterocycles. The molecule has 2 heteroatoms. The minimum atomic E-state index is 1.19. The lowest BCUT2D eigenvalue weighted by Gasteiger charge is -2.05. The van der Waals surface area contributed by atoms with Crippen LogP contribution < -0.4 is 0 Å². The molecule has 138 valence electrons. The Hall–Kier alpha value is -4.04. The van der Waals surface area contributed by atoms with Gasteiger partial charge < -0.3 is 9.38 Å². The molecule has 0 bridgehead atoms. The second-order valence-electron chi connectivity index (χ2n) is 8.27. The molecule has 2 nitrogen and oxygen atoms in total. The maximum absolute atomic E-state index is 3.62. The van der Waals surface area contributed by atoms with E-state index in [0.717, 1.165) is 0 Å². The standard InChI is InChI=1S/C28H16N2/c1-3-10-21-19(7-1)26-22(29-21)14-12-16-13-15-24-27(25(16)26)20-9-5-8-18-17-6-2-4-11-23(17)30(24)28(18)20/h1-15,29H. The summed E-state index contributed by atoms with van der Waals surface area (Å²) in [6.45, 7) is 0. The summed E-state index contributed by atoms with van der Waals surface area (Å²) in [5.74, 6) is 0. The number of fused-ring (bicyclic) bond motifs is 12. The second-order valence-corrected chi connectivity index (χ2v) is 8.27. The Morgan fingerprint density at radius 1 is 0.467 bits per heavy atom. The van der Waals surface area contributed by atoms with Crippen molar-refractivity contribution in [3.63, 3.8) is 0 Å². The number of nitrogens with zero attached hydrogens (tertiary/aromatic N) is 1. The second kappa shape index (κ2) is 4.92. The molecule has 0 aliphatic carbocycles. The molecule has 0 atom stereocenters. The van der Waals surface area contributed by atoms with Crippen LogP contribution in [0, 0.1) is 0 Å². The molecule has 8 rings (SSSR count). The quantitative estimate of drug-likeness (QED) is 0.279. The maximum atomic E-state index is 3.62. The van der Waals surface area contributed by atoms with Gasteiger partial charge in [0, 0.05) is 48.7 Å². The summed E-state index contributed by atoms with van der Waals surface area (Å²) in [7, 11) is 0. The highest BCUT2D eigenvalue weighted by atomic mass is 14.9. The first kappa shape index (κ1) is 14.9. The minimum Gasteiger partial charge on any atom is -0.354 e. The fraction of sp³-hybridized carbons (Fsp3) is 0. The number of hydrogen-bond acceptors (Lipinski definition) is 0. The van der Waals surface area contributed by atoms with Gasteiger partial charge in [-0.3, -0.25) is 0 Å². The van der Waals surface area contributed by atoms with Gasteiger partial charge in [0.2, 0.25) is 0 Å². The maximum Gasteiger partial charge on any atom is 0.0620 e. The topological polar surface area (TPSA) is 20.2 Å². The van der Waals surface area contributed by atoms with Gasteiger partial charge in [0.25, 0.3) is 0 Å². The van der Waals surface area contributed by atoms with Gasteiger partial charge >= 0.3 is 0 Å². The van der Waals surface area contributed by atoms with Crippen molar-refractivity contribution in [1.82, 2.24) is 9.38 Å². The summed E-state index contributed by atoms with van der Waals surface area (Å²) in [5.41, 5.74) is 6.29. The molecule has 0 radical (unpaired) electrons. The Bertz CT molecular complexity index is 1950. The van der Waals surface area contributed by atoms with Crippen LogP contribution in [0.5, 0.6) is 0 Å². The molecule has 8 aromatic rings. The van der Waals surface area contributed by atoms with Crippen molar-refractivity contribution in [2.45, 2.75) is 0 Å². The molecule has 0 aliphatic rings. The van der Waals surface area contributed by atoms with E-state index in [4.69, 9.17) is 0 Å². The summed E-state index contributed by atoms with van der Waals surface area (Å²) in [6.07, 6.45) is 0. The van der Waals surface area contributed by atoms with Gasteiger partial charge in [-0.05, 0) is 29.7 Å². The number of nitrogens with one attached hydrogen (secondary N) is 1. The molecule has 0 fully saturated rings. The van der Waals surface area contributed by atoms with E-state index in [0.29, 0.717) is 0 Å². The first-order valence-electron chi connectivity index (χ1n) is 10.4. The number of benzene rings is 5. The van der Waals surface area contributed by atoms with Crippen LogP contribution in [0.2, 0.25) is 0 Å². The zero-order chi connectivity index (χ0) is 19.4. The summed E-state index contributed by atoms with van der Waals surface area (Å²) < 4.78 is 2.46. The molecule has 0 aliphatic heterocycles. The van der Waals surface area contributed by atoms with Crippen molar-refractivity contribution in [2.75, 3.05) is 0 Å². The van der Waals surface area contributed by atoms with E-state index in [2.05, 4.69) is 100 Å². The highest BCUT2D eigenvalue weighted by molar-refractivity contribution is 6.35. The minimum absolute atomic E-state index is 1.19. The lowest BCUT2D eigenvalue weighted by molar-refractivity contribution is 1.37. The SMILES string of the molecule is c1ccc2c(c1)[nH]c1ccc3ccc4c(c5cccc6c7ccccc7n4c65)c3c12. The van der Waals surface area contributed by atoms with E-state index in [1.165, 1.54) is 70.7 Å². The molecule has 0 spiro atoms. The predicted molar refractivity (Wildman–Crippen MR) is 128 cm³/mol. The average Bonchev–Trinajstić information content (AvgIpc) is 3.45. The van der Waals surface area contributed by atoms with Crippen LogP contribution in [-0.2, 0) is 0 Å². The number of para-hydroxylation sites is 3. The third-order valence-corrected chi connectivity index (χ3v) is 6.84. The van der Waals surface area contributed by atoms with Crippen LogP contribution in [0.3, 0.4) is 0 Å². The van der Waals surface area contributed by atoms with Crippen LogP contribution in [0.1, 0.15) is 0 Å². The van der Waals surface area contributed by atoms with Gasteiger partial charge in [-0.15, -0.1) is 0 Å². The molecule has 0 saturated carbocycles. The molecule has 1 N–H and O–H groups in total. The zero-order valence-corrected chi connectivity index (χ0v) is 16.1. The highest BCUT2D eigenvalue weighted by Gasteiger charge is 2.20. The van der Waals surface area contributed by atoms with E-state index in [-0.39, 0.29) is 0 Å². The van der Waals surface area contributed by atoms with Gasteiger partial charge in [-0.25, -0.2) is 0 Å². The van der Waals surface area contributed by atoms with Crippen molar-refractivity contribution in [3.05, 3.63) is 91.0 Å². The van der Waals surface area contributed by atoms with Crippen molar-refractivity contribution in [2.24, 2.45) is 0 Å². The van der Waals surface area contributed by atoms with Crippen LogP contribution in [0.15, 0.2) is 91.0 Å². The van der Waals surface area contributed by atoms with Crippen molar-refractivity contribution in [1.29, 1.82) is 0 Å². The number of rotatable bonds is 0. The first-order chi connectivity index (χ1) is 14.9. The van der Waals surface area contributed by atoms with Gasteiger partial charge in [-0.1, -0.05) is 66.7 Å². The summed E-state index contributed by atoms with van der Waals surface area (Å²) in [6, 6.07) is 33.2. The third-order valence-electron chi connectivity index (χ3n) is 6.84. The normalized spacial score (nSPS) is 12.7. The van der Waals surface area contributed by atoms with Crippen molar-refractivity contribution < 1.29 is 0 Å². The third kappa shape index (κ3) is 1.56. The Labute approximate surface area is 171 Å². The average molecular weight is 380 g/mol. The van der Waals surface area contributed by atoms with Gasteiger partial charge in [0.15, 0.2) is 0 Å². The lowest BCUT2D eigenvalue weighted by Crippen LogP contribution is -1.82. The highest BCUT2D eigenvalue weighted by Crippen LogP contribution is 2.44. The summed E-state index contributed by atoms with van der Waals surface area (Å²) in [4.78, 5) is 3.62. The van der Waals surface area contributed by atoms with E-state index in [9.17, 15) is 0 Å². The molecular weight excluding hydrogens is 364 g/mol. The molecule has 5 aromatic carbocycles. The number of H-pyrrole nitrogens is 1. The number of hydrogen-bond donors (Lipinski definition) is 1. The van der Waals surface area contributed by atoms with Gasteiger partial charge in [0.1, 0.15) is 0 Å². The van der Waals surface area contributed by atoms with Crippen molar-refractivity contribution in [3.8, 4) is 0 Å². The van der Waals surface area contributed by atoms with Gasteiger partial charge in [0.05, 0.1) is 16.6 Å². The Morgan fingerprint density at radius 3 is 2.20 bits per heavy atom. The van der Waals surface area contributed by atoms with E-state index < -0.39 is 0 Å². The molecule has 30 heavy (non-hydrogen) atoms. The van der Waals surface area contributed by atoms with Crippen LogP contribution in [0.4, 0.5) is 0 Å². The molecule has 0 amide bonds. The molecule has 3 aromatic heterocycles. The Kier molecular flexibility index (Phi) is 2.44. The number of aromatic nitrogens is 2. The summed E-state index contributed by atoms with van der Waals surface area (Å²) in [5, 5.41) is 10.6.